The van der Waals surface area contributed by atoms with Gasteiger partial charge in [-0.15, -0.1) is 0 Å². The predicted molar refractivity (Wildman–Crippen MR) is 245 cm³/mol. The molecule has 8 rings (SSSR count). The summed E-state index contributed by atoms with van der Waals surface area (Å²) >= 11 is 11.2. The predicted octanol–water partition coefficient (Wildman–Crippen LogP) is 1.11. The van der Waals surface area contributed by atoms with Crippen LogP contribution in [0.2, 0.25) is 0 Å². The third-order valence-corrected chi connectivity index (χ3v) is 17.3. The molecule has 2 saturated heterocycles. The molecule has 2 fully saturated rings. The molecule has 0 bridgehead atoms. The molecule has 2 aliphatic rings. The van der Waals surface area contributed by atoms with Crippen LogP contribution in [-0.4, -0.2) is 88.8 Å². The van der Waals surface area contributed by atoms with Gasteiger partial charge in [0.2, 0.25) is 0 Å². The van der Waals surface area contributed by atoms with E-state index >= 15 is 0 Å². The maximum atomic E-state index is 13.2. The van der Waals surface area contributed by atoms with Crippen molar-refractivity contribution in [2.24, 2.45) is 25.9 Å². The van der Waals surface area contributed by atoms with Crippen molar-refractivity contribution >= 4 is 57.8 Å². The summed E-state index contributed by atoms with van der Waals surface area (Å²) in [6.07, 6.45) is 3.45. The molecule has 4 aromatic carbocycles. The van der Waals surface area contributed by atoms with Crippen LogP contribution in [0.1, 0.15) is 46.4 Å². The summed E-state index contributed by atoms with van der Waals surface area (Å²) < 4.78 is 11.0. The minimum absolute atomic E-state index is 0.00606. The van der Waals surface area contributed by atoms with E-state index in [-0.39, 0.29) is 76.9 Å². The van der Waals surface area contributed by atoms with Gasteiger partial charge in [0, 0.05) is 12.6 Å². The average molecular weight is 1100 g/mol. The number of para-hydroxylation sites is 1. The fourth-order valence-corrected chi connectivity index (χ4v) is 11.4. The summed E-state index contributed by atoms with van der Waals surface area (Å²) in [6.45, 7) is 6.15. The number of Topliss-reactive ketones (excluding diaryl/α,β-unsaturated/α-hetero) is 2. The second-order valence-corrected chi connectivity index (χ2v) is 21.4. The standard InChI is InChI=1S/2C24H27IN3O2S/c1-25-19-9-7-17(8-10-19)22(29)18-11-13-27(14-12-18)15-16-28-23(30)20-5-3-4-6-21(20)26(2)24(28)31;1-25-19-8-9-21-20(16-19)23(30)28(24(31)26(21)2)15-14-27-12-10-18(11-13-27)22(29)17-6-4-3-5-7-17/h3-10,18H,11-16H2,1-2H3;3-9,16,18H,10-15H2,1-2H3/q2*-1. The Morgan fingerprint density at radius 1 is 0.548 bits per heavy atom. The quantitative estimate of drug-likeness (QED) is 0.0781. The summed E-state index contributed by atoms with van der Waals surface area (Å²) in [5.41, 5.74) is 3.38. The summed E-state index contributed by atoms with van der Waals surface area (Å²) in [5, 5.41) is 1.45. The van der Waals surface area contributed by atoms with E-state index in [0.717, 1.165) is 92.5 Å². The van der Waals surface area contributed by atoms with Crippen LogP contribution in [0.5, 0.6) is 0 Å². The molecular formula is C48H54I2N6O4S2-2. The van der Waals surface area contributed by atoms with E-state index in [4.69, 9.17) is 24.4 Å². The molecule has 0 radical (unpaired) electrons. The van der Waals surface area contributed by atoms with Gasteiger partial charge in [-0.2, -0.15) is 0 Å². The Hall–Kier alpha value is -3.68. The van der Waals surface area contributed by atoms with Crippen molar-refractivity contribution in [3.05, 3.63) is 146 Å². The van der Waals surface area contributed by atoms with Crippen LogP contribution in [0, 0.1) is 28.5 Å². The number of hydrogen-bond acceptors (Lipinski definition) is 8. The van der Waals surface area contributed by atoms with E-state index in [0.29, 0.717) is 28.0 Å². The van der Waals surface area contributed by atoms with Crippen molar-refractivity contribution in [3.63, 3.8) is 0 Å². The first-order chi connectivity index (χ1) is 30.0. The fraction of sp³-hybridized carbons (Fsp3) is 0.375. The van der Waals surface area contributed by atoms with Gasteiger partial charge in [0.25, 0.3) is 5.56 Å². The zero-order chi connectivity index (χ0) is 43.9. The van der Waals surface area contributed by atoms with E-state index in [1.165, 1.54) is 7.14 Å². The Kier molecular flexibility index (Phi) is 15.9. The number of likely N-dealkylation sites (tertiary alicyclic amines) is 2. The van der Waals surface area contributed by atoms with Gasteiger partial charge in [-0.1, -0.05) is 42.5 Å². The molecule has 328 valence electrons. The molecule has 62 heavy (non-hydrogen) atoms. The molecule has 0 atom stereocenters. The third kappa shape index (κ3) is 10.5. The molecule has 10 nitrogen and oxygen atoms in total. The van der Waals surface area contributed by atoms with Gasteiger partial charge >= 0.3 is 282 Å². The summed E-state index contributed by atoms with van der Waals surface area (Å²) in [4.78, 5) is 60.8. The SMILES string of the molecule is C[I-]c1ccc(C(=O)C2CCN(CCn3c(=O)c4ccccc4n(C)c3=S)CC2)cc1.C[I-]c1ccc2c(c1)c(=O)n(CCN1CCC(C(=O)c3ccccc3)CC1)c(=S)n2C. The molecule has 14 heteroatoms. The number of aromatic nitrogens is 4. The van der Waals surface area contributed by atoms with Crippen molar-refractivity contribution in [1.82, 2.24) is 28.1 Å². The van der Waals surface area contributed by atoms with E-state index < -0.39 is 0 Å². The van der Waals surface area contributed by atoms with Crippen molar-refractivity contribution in [3.8, 4) is 0 Å². The van der Waals surface area contributed by atoms with E-state index in [9.17, 15) is 19.2 Å². The first-order valence-corrected chi connectivity index (χ1v) is 28.4. The zero-order valence-electron chi connectivity index (χ0n) is 35.8. The number of fused-ring (bicyclic) bond motifs is 2. The molecule has 0 aliphatic carbocycles. The first-order valence-electron chi connectivity index (χ1n) is 21.1. The monoisotopic (exact) mass is 1100 g/mol. The number of halogens is 2. The topological polar surface area (TPSA) is 94.5 Å². The van der Waals surface area contributed by atoms with Crippen molar-refractivity contribution < 1.29 is 52.0 Å². The van der Waals surface area contributed by atoms with Crippen molar-refractivity contribution in [2.75, 3.05) is 49.1 Å². The molecule has 0 spiro atoms. The Labute approximate surface area is 394 Å². The number of piperidine rings is 2. The fourth-order valence-electron chi connectivity index (χ4n) is 8.60. The minimum atomic E-state index is -0.0716. The second-order valence-electron chi connectivity index (χ2n) is 16.0. The molecule has 0 N–H and O–H groups in total. The van der Waals surface area contributed by atoms with Gasteiger partial charge in [-0.25, -0.2) is 0 Å². The van der Waals surface area contributed by atoms with Crippen LogP contribution < -0.4 is 53.5 Å². The van der Waals surface area contributed by atoms with Crippen LogP contribution in [0.4, 0.5) is 0 Å². The molecule has 2 aliphatic heterocycles. The Bertz CT molecular complexity index is 2800. The van der Waals surface area contributed by atoms with Crippen LogP contribution >= 0.6 is 24.4 Å². The average Bonchev–Trinajstić information content (AvgIpc) is 3.32. The van der Waals surface area contributed by atoms with Crippen LogP contribution in [0.15, 0.2) is 107 Å². The van der Waals surface area contributed by atoms with E-state index in [1.54, 1.807) is 9.13 Å². The number of ketones is 2. The van der Waals surface area contributed by atoms with Crippen molar-refractivity contribution in [1.29, 1.82) is 0 Å². The summed E-state index contributed by atoms with van der Waals surface area (Å²) in [6, 6.07) is 31.5. The zero-order valence-corrected chi connectivity index (χ0v) is 41.7. The number of alkyl halides is 2. The van der Waals surface area contributed by atoms with Crippen LogP contribution in [0.3, 0.4) is 0 Å². The summed E-state index contributed by atoms with van der Waals surface area (Å²) in [5.74, 6) is 0.700. The number of nitrogens with zero attached hydrogens (tertiary/aromatic N) is 6. The first kappa shape index (κ1) is 46.3. The molecule has 0 amide bonds. The van der Waals surface area contributed by atoms with E-state index in [1.807, 2.05) is 102 Å². The Balaban J connectivity index is 0.000000186. The third-order valence-electron chi connectivity index (χ3n) is 12.4. The van der Waals surface area contributed by atoms with Gasteiger partial charge in [0.1, 0.15) is 0 Å². The van der Waals surface area contributed by atoms with Crippen molar-refractivity contribution in [2.45, 2.75) is 38.8 Å². The number of aryl methyl sites for hydroxylation is 2. The Morgan fingerprint density at radius 2 is 0.984 bits per heavy atom. The Morgan fingerprint density at radius 3 is 1.50 bits per heavy atom. The van der Waals surface area contributed by atoms with Gasteiger partial charge in [-0.05, 0) is 24.4 Å². The van der Waals surface area contributed by atoms with Crippen LogP contribution in [-0.2, 0) is 27.2 Å². The van der Waals surface area contributed by atoms with E-state index in [2.05, 4.69) is 37.9 Å². The van der Waals surface area contributed by atoms with Gasteiger partial charge < -0.3 is 4.57 Å². The van der Waals surface area contributed by atoms with Crippen LogP contribution in [0.25, 0.3) is 21.8 Å². The number of carbonyl (C=O) groups is 2. The molecule has 0 unspecified atom stereocenters. The molecule has 2 aromatic heterocycles. The molecule has 6 aromatic rings. The molecular weight excluding hydrogens is 1040 g/mol. The number of hydrogen-bond donors (Lipinski definition) is 0. The van der Waals surface area contributed by atoms with Gasteiger partial charge in [-0.3, -0.25) is 9.59 Å². The number of rotatable bonds is 12. The van der Waals surface area contributed by atoms with Gasteiger partial charge in [0.15, 0.2) is 4.77 Å². The normalized spacial score (nSPS) is 15.5. The number of benzene rings is 4. The maximum absolute atomic E-state index is 13.2. The molecule has 4 heterocycles. The molecule has 0 saturated carbocycles. The number of carbonyl (C=O) groups excluding carboxylic acids is 2. The van der Waals surface area contributed by atoms with Gasteiger partial charge in [0.05, 0.1) is 10.9 Å². The summed E-state index contributed by atoms with van der Waals surface area (Å²) in [7, 11) is 3.84. The second kappa shape index (κ2) is 21.3.